The van der Waals surface area contributed by atoms with Gasteiger partial charge in [-0.25, -0.2) is 4.39 Å². The van der Waals surface area contributed by atoms with E-state index in [1.54, 1.807) is 12.1 Å². The van der Waals surface area contributed by atoms with Crippen LogP contribution in [-0.4, -0.2) is 0 Å². The minimum Gasteiger partial charge on any atom is -0.206 e. The Hall–Kier alpha value is -1.36. The van der Waals surface area contributed by atoms with Crippen LogP contribution in [0.5, 0.6) is 0 Å². The standard InChI is InChI=1S/C11H12FN.C2H6/c1-11(2,3)9-5-4-8(7-13)10(12)6-9;1-2/h4-6H,1-3H3;1-2H3. The maximum absolute atomic E-state index is 13.2. The zero-order valence-electron chi connectivity index (χ0n) is 10.1. The maximum atomic E-state index is 13.2. The van der Waals surface area contributed by atoms with Gasteiger partial charge in [0.25, 0.3) is 0 Å². The lowest BCUT2D eigenvalue weighted by molar-refractivity contribution is 0.571. The molecule has 0 heterocycles. The van der Waals surface area contributed by atoms with Crippen LogP contribution >= 0.6 is 0 Å². The summed E-state index contributed by atoms with van der Waals surface area (Å²) in [6, 6.07) is 6.55. The van der Waals surface area contributed by atoms with E-state index < -0.39 is 5.82 Å². The van der Waals surface area contributed by atoms with E-state index in [1.807, 2.05) is 34.6 Å². The summed E-state index contributed by atoms with van der Waals surface area (Å²) in [5, 5.41) is 8.52. The highest BCUT2D eigenvalue weighted by molar-refractivity contribution is 5.35. The molecule has 0 spiro atoms. The molecular formula is C13H18FN. The number of rotatable bonds is 0. The number of nitrogens with zero attached hydrogens (tertiary/aromatic N) is 1. The van der Waals surface area contributed by atoms with Gasteiger partial charge in [0, 0.05) is 0 Å². The van der Waals surface area contributed by atoms with Crippen LogP contribution in [0.3, 0.4) is 0 Å². The van der Waals surface area contributed by atoms with E-state index in [0.717, 1.165) is 5.56 Å². The summed E-state index contributed by atoms with van der Waals surface area (Å²) in [5.74, 6) is -0.435. The minimum absolute atomic E-state index is 0.0746. The van der Waals surface area contributed by atoms with E-state index in [2.05, 4.69) is 0 Å². The molecule has 1 nitrogen and oxygen atoms in total. The topological polar surface area (TPSA) is 23.8 Å². The quantitative estimate of drug-likeness (QED) is 0.630. The summed E-state index contributed by atoms with van der Waals surface area (Å²) in [7, 11) is 0. The molecule has 0 bridgehead atoms. The molecule has 0 atom stereocenters. The predicted octanol–water partition coefficient (Wildman–Crippen LogP) is 4.02. The molecule has 1 aromatic rings. The average Bonchev–Trinajstić information content (AvgIpc) is 2.19. The van der Waals surface area contributed by atoms with Crippen molar-refractivity contribution in [3.63, 3.8) is 0 Å². The lowest BCUT2D eigenvalue weighted by atomic mass is 9.86. The van der Waals surface area contributed by atoms with Gasteiger partial charge in [-0.1, -0.05) is 40.7 Å². The van der Waals surface area contributed by atoms with Crippen molar-refractivity contribution in [2.75, 3.05) is 0 Å². The molecule has 0 aliphatic carbocycles. The van der Waals surface area contributed by atoms with Crippen molar-refractivity contribution in [1.29, 1.82) is 5.26 Å². The molecule has 0 unspecified atom stereocenters. The molecule has 0 saturated carbocycles. The summed E-state index contributed by atoms with van der Waals surface area (Å²) >= 11 is 0. The van der Waals surface area contributed by atoms with Gasteiger partial charge >= 0.3 is 0 Å². The fourth-order valence-corrected chi connectivity index (χ4v) is 1.07. The molecule has 2 heteroatoms. The van der Waals surface area contributed by atoms with Gasteiger partial charge in [0.15, 0.2) is 0 Å². The predicted molar refractivity (Wildman–Crippen MR) is 61.2 cm³/mol. The van der Waals surface area contributed by atoms with E-state index in [-0.39, 0.29) is 11.0 Å². The SMILES string of the molecule is CC.CC(C)(C)c1ccc(C#N)c(F)c1. The van der Waals surface area contributed by atoms with Gasteiger partial charge in [0.2, 0.25) is 0 Å². The molecule has 1 aromatic carbocycles. The highest BCUT2D eigenvalue weighted by Crippen LogP contribution is 2.23. The van der Waals surface area contributed by atoms with Crippen molar-refractivity contribution >= 4 is 0 Å². The Morgan fingerprint density at radius 2 is 1.73 bits per heavy atom. The van der Waals surface area contributed by atoms with Crippen LogP contribution < -0.4 is 0 Å². The Morgan fingerprint density at radius 1 is 1.20 bits per heavy atom. The van der Waals surface area contributed by atoms with Crippen LogP contribution in [0.4, 0.5) is 4.39 Å². The first-order valence-electron chi connectivity index (χ1n) is 5.15. The zero-order chi connectivity index (χ0) is 12.1. The van der Waals surface area contributed by atoms with Gasteiger partial charge in [0.1, 0.15) is 11.9 Å². The Labute approximate surface area is 91.5 Å². The minimum atomic E-state index is -0.435. The third-order valence-corrected chi connectivity index (χ3v) is 1.96. The average molecular weight is 207 g/mol. The molecule has 0 radical (unpaired) electrons. The molecule has 0 aliphatic rings. The van der Waals surface area contributed by atoms with E-state index in [0.29, 0.717) is 0 Å². The van der Waals surface area contributed by atoms with Gasteiger partial charge in [-0.15, -0.1) is 0 Å². The van der Waals surface area contributed by atoms with Gasteiger partial charge in [-0.05, 0) is 23.1 Å². The van der Waals surface area contributed by atoms with E-state index in [4.69, 9.17) is 5.26 Å². The summed E-state index contributed by atoms with van der Waals surface area (Å²) in [6.07, 6.45) is 0. The molecule has 82 valence electrons. The van der Waals surface area contributed by atoms with E-state index in [9.17, 15) is 4.39 Å². The summed E-state index contributed by atoms with van der Waals surface area (Å²) in [5.41, 5.74) is 0.937. The third-order valence-electron chi connectivity index (χ3n) is 1.96. The number of halogens is 1. The fraction of sp³-hybridized carbons (Fsp3) is 0.462. The Balaban J connectivity index is 0.000000921. The molecule has 0 fully saturated rings. The van der Waals surface area contributed by atoms with Gasteiger partial charge < -0.3 is 0 Å². The van der Waals surface area contributed by atoms with Gasteiger partial charge in [0.05, 0.1) is 5.56 Å². The van der Waals surface area contributed by atoms with Crippen LogP contribution in [0.2, 0.25) is 0 Å². The van der Waals surface area contributed by atoms with Crippen molar-refractivity contribution < 1.29 is 4.39 Å². The Kier molecular flexibility index (Phi) is 5.00. The summed E-state index contributed by atoms with van der Waals surface area (Å²) in [4.78, 5) is 0. The second-order valence-corrected chi connectivity index (χ2v) is 4.06. The van der Waals surface area contributed by atoms with Crippen LogP contribution in [-0.2, 0) is 5.41 Å². The van der Waals surface area contributed by atoms with Gasteiger partial charge in [-0.2, -0.15) is 5.26 Å². The molecule has 0 aromatic heterocycles. The normalized spacial score (nSPS) is 9.93. The Morgan fingerprint density at radius 3 is 2.07 bits per heavy atom. The fourth-order valence-electron chi connectivity index (χ4n) is 1.07. The molecule has 1 rings (SSSR count). The number of hydrogen-bond donors (Lipinski definition) is 0. The Bertz CT molecular complexity index is 356. The first-order valence-corrected chi connectivity index (χ1v) is 5.15. The van der Waals surface area contributed by atoms with Crippen molar-refractivity contribution in [1.82, 2.24) is 0 Å². The number of benzene rings is 1. The number of hydrogen-bond acceptors (Lipinski definition) is 1. The first kappa shape index (κ1) is 13.6. The largest absolute Gasteiger partial charge is 0.206 e. The van der Waals surface area contributed by atoms with Crippen molar-refractivity contribution in [3.8, 4) is 6.07 Å². The van der Waals surface area contributed by atoms with E-state index in [1.165, 1.54) is 12.1 Å². The third kappa shape index (κ3) is 3.71. The monoisotopic (exact) mass is 207 g/mol. The van der Waals surface area contributed by atoms with Crippen molar-refractivity contribution in [2.24, 2.45) is 0 Å². The molecule has 0 saturated heterocycles. The van der Waals surface area contributed by atoms with Crippen molar-refractivity contribution in [2.45, 2.75) is 40.0 Å². The molecular weight excluding hydrogens is 189 g/mol. The maximum Gasteiger partial charge on any atom is 0.141 e. The van der Waals surface area contributed by atoms with Crippen LogP contribution in [0.15, 0.2) is 18.2 Å². The highest BCUT2D eigenvalue weighted by Gasteiger charge is 2.15. The second kappa shape index (κ2) is 5.50. The van der Waals surface area contributed by atoms with Crippen LogP contribution in [0.1, 0.15) is 45.7 Å². The lowest BCUT2D eigenvalue weighted by Crippen LogP contribution is -2.11. The van der Waals surface area contributed by atoms with Crippen LogP contribution in [0.25, 0.3) is 0 Å². The zero-order valence-corrected chi connectivity index (χ0v) is 10.1. The molecule has 15 heavy (non-hydrogen) atoms. The highest BCUT2D eigenvalue weighted by atomic mass is 19.1. The molecule has 0 N–H and O–H groups in total. The molecule has 0 aliphatic heterocycles. The van der Waals surface area contributed by atoms with Crippen LogP contribution in [0, 0.1) is 17.1 Å². The number of nitriles is 1. The summed E-state index contributed by atoms with van der Waals surface area (Å²) < 4.78 is 13.2. The van der Waals surface area contributed by atoms with Gasteiger partial charge in [-0.3, -0.25) is 0 Å². The van der Waals surface area contributed by atoms with E-state index >= 15 is 0 Å². The smallest absolute Gasteiger partial charge is 0.141 e. The van der Waals surface area contributed by atoms with Crippen molar-refractivity contribution in [3.05, 3.63) is 35.1 Å². The summed E-state index contributed by atoms with van der Waals surface area (Å²) in [6.45, 7) is 10.0. The second-order valence-electron chi connectivity index (χ2n) is 4.06. The molecule has 0 amide bonds. The first-order chi connectivity index (χ1) is 6.95. The lowest BCUT2D eigenvalue weighted by Gasteiger charge is -2.18.